The number of hydrogen-bond acceptors (Lipinski definition) is 4. The van der Waals surface area contributed by atoms with Gasteiger partial charge in [0.2, 0.25) is 10.0 Å². The van der Waals surface area contributed by atoms with Gasteiger partial charge in [0, 0.05) is 24.3 Å². The smallest absolute Gasteiger partial charge is 0.255 e. The second-order valence-electron chi connectivity index (χ2n) is 7.02. The monoisotopic (exact) mass is 414 g/mol. The SMILES string of the molecule is C=CCOc1ccc(NC(=O)c2ccc(C)c(S(=O)(=O)N3CCCCC3)c2)cc1. The van der Waals surface area contributed by atoms with Crippen LogP contribution in [0.15, 0.2) is 60.0 Å². The molecular formula is C22H26N2O4S. The van der Waals surface area contributed by atoms with Gasteiger partial charge in [-0.05, 0) is 61.7 Å². The summed E-state index contributed by atoms with van der Waals surface area (Å²) in [5.74, 6) is 0.313. The number of nitrogens with zero attached hydrogens (tertiary/aromatic N) is 1. The maximum Gasteiger partial charge on any atom is 0.255 e. The highest BCUT2D eigenvalue weighted by Crippen LogP contribution is 2.25. The largest absolute Gasteiger partial charge is 0.490 e. The molecule has 0 aliphatic carbocycles. The number of sulfonamides is 1. The Balaban J connectivity index is 1.78. The maximum atomic E-state index is 13.0. The first kappa shape index (κ1) is 21.1. The third-order valence-electron chi connectivity index (χ3n) is 4.86. The highest BCUT2D eigenvalue weighted by atomic mass is 32.2. The van der Waals surface area contributed by atoms with Crippen LogP contribution in [0.5, 0.6) is 5.75 Å². The van der Waals surface area contributed by atoms with E-state index in [1.807, 2.05) is 0 Å². The third-order valence-corrected chi connectivity index (χ3v) is 6.90. The molecule has 1 N–H and O–H groups in total. The maximum absolute atomic E-state index is 13.0. The first-order chi connectivity index (χ1) is 13.9. The van der Waals surface area contributed by atoms with E-state index in [1.54, 1.807) is 49.4 Å². The fraction of sp³-hybridized carbons (Fsp3) is 0.318. The lowest BCUT2D eigenvalue weighted by Crippen LogP contribution is -2.36. The average Bonchev–Trinajstić information content (AvgIpc) is 2.74. The summed E-state index contributed by atoms with van der Waals surface area (Å²) in [6.45, 7) is 6.81. The predicted octanol–water partition coefficient (Wildman–Crippen LogP) is 3.99. The molecule has 0 spiro atoms. The second kappa shape index (κ2) is 9.24. The number of carbonyl (C=O) groups excluding carboxylic acids is 1. The van der Waals surface area contributed by atoms with Crippen molar-refractivity contribution in [3.63, 3.8) is 0 Å². The lowest BCUT2D eigenvalue weighted by atomic mass is 10.1. The van der Waals surface area contributed by atoms with Crippen molar-refractivity contribution in [2.45, 2.75) is 31.1 Å². The van der Waals surface area contributed by atoms with E-state index in [4.69, 9.17) is 4.74 Å². The van der Waals surface area contributed by atoms with Crippen LogP contribution in [0.3, 0.4) is 0 Å². The minimum atomic E-state index is -3.61. The predicted molar refractivity (Wildman–Crippen MR) is 114 cm³/mol. The van der Waals surface area contributed by atoms with E-state index < -0.39 is 10.0 Å². The molecule has 2 aromatic carbocycles. The van der Waals surface area contributed by atoms with Crippen LogP contribution in [0.2, 0.25) is 0 Å². The van der Waals surface area contributed by atoms with Gasteiger partial charge < -0.3 is 10.1 Å². The summed E-state index contributed by atoms with van der Waals surface area (Å²) in [7, 11) is -3.61. The van der Waals surface area contributed by atoms with Crippen LogP contribution in [-0.4, -0.2) is 38.3 Å². The summed E-state index contributed by atoms with van der Waals surface area (Å²) in [6, 6.07) is 11.8. The Morgan fingerprint density at radius 2 is 1.83 bits per heavy atom. The summed E-state index contributed by atoms with van der Waals surface area (Å²) in [4.78, 5) is 12.9. The normalized spacial score (nSPS) is 14.9. The van der Waals surface area contributed by atoms with Crippen molar-refractivity contribution in [1.82, 2.24) is 4.31 Å². The van der Waals surface area contributed by atoms with Crippen molar-refractivity contribution in [3.05, 3.63) is 66.2 Å². The molecule has 29 heavy (non-hydrogen) atoms. The van der Waals surface area contributed by atoms with Gasteiger partial charge in [0.25, 0.3) is 5.91 Å². The van der Waals surface area contributed by atoms with E-state index in [0.717, 1.165) is 19.3 Å². The van der Waals surface area contributed by atoms with Gasteiger partial charge in [-0.1, -0.05) is 25.1 Å². The molecule has 1 aliphatic heterocycles. The number of benzene rings is 2. The van der Waals surface area contributed by atoms with E-state index in [-0.39, 0.29) is 10.8 Å². The first-order valence-corrected chi connectivity index (χ1v) is 11.1. The molecule has 1 heterocycles. The number of piperidine rings is 1. The van der Waals surface area contributed by atoms with Crippen LogP contribution in [0, 0.1) is 6.92 Å². The van der Waals surface area contributed by atoms with Crippen LogP contribution in [-0.2, 0) is 10.0 Å². The molecule has 0 bridgehead atoms. The Morgan fingerprint density at radius 1 is 1.14 bits per heavy atom. The van der Waals surface area contributed by atoms with Gasteiger partial charge in [-0.3, -0.25) is 4.79 Å². The second-order valence-corrected chi connectivity index (χ2v) is 8.93. The van der Waals surface area contributed by atoms with Gasteiger partial charge >= 0.3 is 0 Å². The number of amides is 1. The number of carbonyl (C=O) groups is 1. The van der Waals surface area contributed by atoms with Crippen molar-refractivity contribution in [3.8, 4) is 5.75 Å². The van der Waals surface area contributed by atoms with Crippen LogP contribution in [0.25, 0.3) is 0 Å². The van der Waals surface area contributed by atoms with E-state index in [1.165, 1.54) is 10.4 Å². The number of ether oxygens (including phenoxy) is 1. The molecule has 7 heteroatoms. The topological polar surface area (TPSA) is 75.7 Å². The van der Waals surface area contributed by atoms with Crippen molar-refractivity contribution < 1.29 is 17.9 Å². The van der Waals surface area contributed by atoms with Gasteiger partial charge in [-0.25, -0.2) is 8.42 Å². The Bertz CT molecular complexity index is 978. The minimum Gasteiger partial charge on any atom is -0.490 e. The molecule has 0 aromatic heterocycles. The van der Waals surface area contributed by atoms with Crippen molar-refractivity contribution in [1.29, 1.82) is 0 Å². The summed E-state index contributed by atoms with van der Waals surface area (Å²) < 4.78 is 33.0. The molecule has 0 unspecified atom stereocenters. The Kier molecular flexibility index (Phi) is 6.71. The number of nitrogens with one attached hydrogen (secondary N) is 1. The van der Waals surface area contributed by atoms with E-state index in [0.29, 0.717) is 42.3 Å². The molecule has 0 saturated carbocycles. The highest BCUT2D eigenvalue weighted by Gasteiger charge is 2.28. The first-order valence-electron chi connectivity index (χ1n) is 9.68. The minimum absolute atomic E-state index is 0.195. The zero-order valence-corrected chi connectivity index (χ0v) is 17.4. The third kappa shape index (κ3) is 5.05. The summed E-state index contributed by atoms with van der Waals surface area (Å²) in [5.41, 5.74) is 1.54. The van der Waals surface area contributed by atoms with E-state index in [2.05, 4.69) is 11.9 Å². The fourth-order valence-corrected chi connectivity index (χ4v) is 5.02. The molecule has 6 nitrogen and oxygen atoms in total. The van der Waals surface area contributed by atoms with Crippen molar-refractivity contribution in [2.24, 2.45) is 0 Å². The molecular weight excluding hydrogens is 388 g/mol. The molecule has 1 aliphatic rings. The van der Waals surface area contributed by atoms with Gasteiger partial charge in [0.15, 0.2) is 0 Å². The summed E-state index contributed by atoms with van der Waals surface area (Å²) in [6.07, 6.45) is 4.43. The molecule has 1 saturated heterocycles. The average molecular weight is 415 g/mol. The lowest BCUT2D eigenvalue weighted by Gasteiger charge is -2.26. The molecule has 0 radical (unpaired) electrons. The lowest BCUT2D eigenvalue weighted by molar-refractivity contribution is 0.102. The van der Waals surface area contributed by atoms with Gasteiger partial charge in [-0.2, -0.15) is 4.31 Å². The Labute approximate surface area is 172 Å². The standard InChI is InChI=1S/C22H26N2O4S/c1-3-15-28-20-11-9-19(10-12-20)23-22(25)18-8-7-17(2)21(16-18)29(26,27)24-13-5-4-6-14-24/h3,7-12,16H,1,4-6,13-15H2,2H3,(H,23,25). The molecule has 0 atom stereocenters. The Morgan fingerprint density at radius 3 is 2.48 bits per heavy atom. The molecule has 2 aromatic rings. The summed E-state index contributed by atoms with van der Waals surface area (Å²) in [5, 5.41) is 2.80. The number of anilines is 1. The van der Waals surface area contributed by atoms with Crippen LogP contribution in [0.4, 0.5) is 5.69 Å². The van der Waals surface area contributed by atoms with Crippen LogP contribution in [0.1, 0.15) is 35.2 Å². The summed E-state index contributed by atoms with van der Waals surface area (Å²) >= 11 is 0. The van der Waals surface area contributed by atoms with Gasteiger partial charge in [-0.15, -0.1) is 0 Å². The number of aryl methyl sites for hydroxylation is 1. The van der Waals surface area contributed by atoms with Crippen LogP contribution < -0.4 is 10.1 Å². The zero-order valence-electron chi connectivity index (χ0n) is 16.6. The highest BCUT2D eigenvalue weighted by molar-refractivity contribution is 7.89. The fourth-order valence-electron chi connectivity index (χ4n) is 3.26. The number of rotatable bonds is 7. The van der Waals surface area contributed by atoms with Crippen LogP contribution >= 0.6 is 0 Å². The van der Waals surface area contributed by atoms with E-state index in [9.17, 15) is 13.2 Å². The van der Waals surface area contributed by atoms with Crippen molar-refractivity contribution >= 4 is 21.6 Å². The number of hydrogen-bond donors (Lipinski definition) is 1. The molecule has 3 rings (SSSR count). The molecule has 1 fully saturated rings. The Hall–Kier alpha value is -2.64. The molecule has 1 amide bonds. The van der Waals surface area contributed by atoms with Gasteiger partial charge in [0.05, 0.1) is 4.90 Å². The quantitative estimate of drug-likeness (QED) is 0.695. The van der Waals surface area contributed by atoms with Crippen molar-refractivity contribution in [2.75, 3.05) is 25.0 Å². The van der Waals surface area contributed by atoms with E-state index >= 15 is 0 Å². The van der Waals surface area contributed by atoms with Gasteiger partial charge in [0.1, 0.15) is 12.4 Å². The molecule has 154 valence electrons. The zero-order chi connectivity index (χ0) is 20.9.